The zero-order valence-electron chi connectivity index (χ0n) is 14.4. The number of urea groups is 1. The Morgan fingerprint density at radius 1 is 1.19 bits per heavy atom. The van der Waals surface area contributed by atoms with E-state index in [0.717, 1.165) is 0 Å². The van der Waals surface area contributed by atoms with Crippen molar-refractivity contribution in [3.05, 3.63) is 0 Å². The number of carboxylic acids is 2. The standard InChI is InChI=1S/C15H25N3O8/c1-8(19)16-6-2-3-9-7-15(9,13(24)25)18-14(26)17-10(12(22)23)4-5-11(20)21/h9-10,13,24-25H,2-7H2,1H3,(H,16,19)(H,20,21)(H,22,23)(H2,17,18,26)/t9?,10-,15?/m0/s1. The maximum absolute atomic E-state index is 12.0. The summed E-state index contributed by atoms with van der Waals surface area (Å²) in [6.07, 6.45) is -1.16. The second-order valence-electron chi connectivity index (χ2n) is 6.36. The Balaban J connectivity index is 2.53. The number of carbonyl (C=O) groups is 4. The van der Waals surface area contributed by atoms with Gasteiger partial charge in [0.1, 0.15) is 6.04 Å². The van der Waals surface area contributed by atoms with E-state index in [1.807, 2.05) is 0 Å². The zero-order valence-corrected chi connectivity index (χ0v) is 14.4. The molecule has 1 saturated carbocycles. The van der Waals surface area contributed by atoms with Crippen LogP contribution in [0.3, 0.4) is 0 Å². The summed E-state index contributed by atoms with van der Waals surface area (Å²) < 4.78 is 0. The Hall–Kier alpha value is -2.40. The van der Waals surface area contributed by atoms with Crippen LogP contribution in [-0.4, -0.2) is 68.7 Å². The molecular weight excluding hydrogens is 350 g/mol. The van der Waals surface area contributed by atoms with Gasteiger partial charge >= 0.3 is 18.0 Å². The van der Waals surface area contributed by atoms with Gasteiger partial charge in [-0.2, -0.15) is 0 Å². The van der Waals surface area contributed by atoms with E-state index in [2.05, 4.69) is 16.0 Å². The molecule has 1 aliphatic rings. The maximum Gasteiger partial charge on any atom is 0.326 e. The van der Waals surface area contributed by atoms with Gasteiger partial charge < -0.3 is 36.4 Å². The Morgan fingerprint density at radius 2 is 1.85 bits per heavy atom. The Bertz CT molecular complexity index is 553. The lowest BCUT2D eigenvalue weighted by molar-refractivity contribution is -0.140. The number of aliphatic hydroxyl groups excluding tert-OH is 1. The molecule has 1 rings (SSSR count). The monoisotopic (exact) mass is 375 g/mol. The Labute approximate surface area is 149 Å². The molecule has 3 amide bonds. The number of nitrogens with one attached hydrogen (secondary N) is 3. The molecule has 0 aromatic heterocycles. The van der Waals surface area contributed by atoms with Crippen LogP contribution in [0.2, 0.25) is 0 Å². The second-order valence-corrected chi connectivity index (χ2v) is 6.36. The van der Waals surface area contributed by atoms with Crippen molar-refractivity contribution in [2.45, 2.75) is 56.9 Å². The summed E-state index contributed by atoms with van der Waals surface area (Å²) in [5.41, 5.74) is -1.28. The fraction of sp³-hybridized carbons (Fsp3) is 0.733. The third-order valence-electron chi connectivity index (χ3n) is 4.31. The second kappa shape index (κ2) is 9.34. The van der Waals surface area contributed by atoms with E-state index in [1.165, 1.54) is 6.92 Å². The van der Waals surface area contributed by atoms with Gasteiger partial charge in [0, 0.05) is 19.9 Å². The van der Waals surface area contributed by atoms with E-state index in [0.29, 0.717) is 25.8 Å². The zero-order chi connectivity index (χ0) is 19.9. The predicted octanol–water partition coefficient (Wildman–Crippen LogP) is -1.41. The minimum atomic E-state index is -1.83. The topological polar surface area (TPSA) is 185 Å². The fourth-order valence-corrected chi connectivity index (χ4v) is 2.79. The van der Waals surface area contributed by atoms with Gasteiger partial charge in [-0.05, 0) is 31.6 Å². The number of rotatable bonds is 11. The molecule has 0 saturated heterocycles. The molecule has 0 bridgehead atoms. The first-order valence-corrected chi connectivity index (χ1v) is 8.22. The van der Waals surface area contributed by atoms with Gasteiger partial charge in [0.25, 0.3) is 0 Å². The van der Waals surface area contributed by atoms with Crippen LogP contribution in [0.1, 0.15) is 39.0 Å². The highest BCUT2D eigenvalue weighted by molar-refractivity contribution is 5.83. The summed E-state index contributed by atoms with van der Waals surface area (Å²) in [4.78, 5) is 44.4. The molecule has 7 N–H and O–H groups in total. The smallest absolute Gasteiger partial charge is 0.326 e. The summed E-state index contributed by atoms with van der Waals surface area (Å²) in [7, 11) is 0. The summed E-state index contributed by atoms with van der Waals surface area (Å²) >= 11 is 0. The number of carbonyl (C=O) groups excluding carboxylic acids is 2. The molecule has 11 heteroatoms. The number of aliphatic hydroxyl groups is 2. The molecule has 0 spiro atoms. The van der Waals surface area contributed by atoms with Gasteiger partial charge in [0.05, 0.1) is 5.54 Å². The largest absolute Gasteiger partial charge is 0.481 e. The summed E-state index contributed by atoms with van der Waals surface area (Å²) in [6, 6.07) is -2.32. The van der Waals surface area contributed by atoms with Gasteiger partial charge in [-0.25, -0.2) is 9.59 Å². The lowest BCUT2D eigenvalue weighted by Gasteiger charge is -2.23. The van der Waals surface area contributed by atoms with E-state index >= 15 is 0 Å². The van der Waals surface area contributed by atoms with Crippen molar-refractivity contribution in [1.82, 2.24) is 16.0 Å². The molecule has 3 atom stereocenters. The van der Waals surface area contributed by atoms with Crippen LogP contribution in [0.5, 0.6) is 0 Å². The van der Waals surface area contributed by atoms with Crippen LogP contribution in [0.4, 0.5) is 4.79 Å². The van der Waals surface area contributed by atoms with E-state index in [1.54, 1.807) is 0 Å². The van der Waals surface area contributed by atoms with E-state index in [9.17, 15) is 29.4 Å². The van der Waals surface area contributed by atoms with E-state index < -0.39 is 42.3 Å². The van der Waals surface area contributed by atoms with Crippen molar-refractivity contribution in [3.8, 4) is 0 Å². The van der Waals surface area contributed by atoms with Crippen molar-refractivity contribution < 1.29 is 39.6 Å². The van der Waals surface area contributed by atoms with Gasteiger partial charge in [0.15, 0.2) is 6.29 Å². The van der Waals surface area contributed by atoms with Crippen LogP contribution >= 0.6 is 0 Å². The van der Waals surface area contributed by atoms with E-state index in [-0.39, 0.29) is 18.2 Å². The van der Waals surface area contributed by atoms with Gasteiger partial charge in [-0.1, -0.05) is 0 Å². The molecule has 1 fully saturated rings. The molecule has 0 radical (unpaired) electrons. The highest BCUT2D eigenvalue weighted by Crippen LogP contribution is 2.48. The Kier molecular flexibility index (Phi) is 7.77. The van der Waals surface area contributed by atoms with Crippen LogP contribution in [0, 0.1) is 5.92 Å². The first kappa shape index (κ1) is 21.6. The van der Waals surface area contributed by atoms with E-state index in [4.69, 9.17) is 10.2 Å². The summed E-state index contributed by atoms with van der Waals surface area (Å²) in [6.45, 7) is 1.81. The lowest BCUT2D eigenvalue weighted by Crippen LogP contribution is -2.54. The number of hydrogen-bond donors (Lipinski definition) is 7. The quantitative estimate of drug-likeness (QED) is 0.169. The molecule has 0 aromatic rings. The number of carboxylic acid groups (broad SMARTS) is 2. The van der Waals surface area contributed by atoms with Crippen LogP contribution in [-0.2, 0) is 14.4 Å². The normalized spacial score (nSPS) is 22.4. The minimum absolute atomic E-state index is 0.173. The number of amides is 3. The average Bonchev–Trinajstić information content (AvgIpc) is 3.21. The lowest BCUT2D eigenvalue weighted by atomic mass is 10.1. The third kappa shape index (κ3) is 6.48. The first-order chi connectivity index (χ1) is 12.1. The summed E-state index contributed by atoms with van der Waals surface area (Å²) in [5.74, 6) is -2.98. The Morgan fingerprint density at radius 3 is 2.35 bits per heavy atom. The molecule has 2 unspecified atom stereocenters. The predicted molar refractivity (Wildman–Crippen MR) is 86.9 cm³/mol. The maximum atomic E-state index is 12.0. The minimum Gasteiger partial charge on any atom is -0.481 e. The molecule has 0 aromatic carbocycles. The van der Waals surface area contributed by atoms with Crippen LogP contribution in [0.15, 0.2) is 0 Å². The molecule has 148 valence electrons. The van der Waals surface area contributed by atoms with Crippen molar-refractivity contribution >= 4 is 23.9 Å². The van der Waals surface area contributed by atoms with Crippen molar-refractivity contribution in [1.29, 1.82) is 0 Å². The number of aliphatic carboxylic acids is 2. The van der Waals surface area contributed by atoms with Crippen LogP contribution in [0.25, 0.3) is 0 Å². The fourth-order valence-electron chi connectivity index (χ4n) is 2.79. The van der Waals surface area contributed by atoms with Gasteiger partial charge in [0.2, 0.25) is 5.91 Å². The van der Waals surface area contributed by atoms with Gasteiger partial charge in [-0.3, -0.25) is 9.59 Å². The highest BCUT2D eigenvalue weighted by atomic mass is 16.5. The summed E-state index contributed by atoms with van der Waals surface area (Å²) in [5, 5.41) is 43.9. The average molecular weight is 375 g/mol. The molecule has 0 heterocycles. The van der Waals surface area contributed by atoms with Crippen molar-refractivity contribution in [2.75, 3.05) is 6.54 Å². The first-order valence-electron chi connectivity index (χ1n) is 8.22. The van der Waals surface area contributed by atoms with Crippen molar-refractivity contribution in [2.24, 2.45) is 5.92 Å². The SMILES string of the molecule is CC(=O)NCCCC1CC1(NC(=O)N[C@@H](CCC(=O)O)C(=O)O)C(O)O. The van der Waals surface area contributed by atoms with Crippen molar-refractivity contribution in [3.63, 3.8) is 0 Å². The highest BCUT2D eigenvalue weighted by Gasteiger charge is 2.59. The molecule has 1 aliphatic carbocycles. The van der Waals surface area contributed by atoms with Gasteiger partial charge in [-0.15, -0.1) is 0 Å². The molecule has 11 nitrogen and oxygen atoms in total. The number of hydrogen-bond acceptors (Lipinski definition) is 6. The van der Waals surface area contributed by atoms with Crippen LogP contribution < -0.4 is 16.0 Å². The molecule has 0 aliphatic heterocycles. The molecular formula is C15H25N3O8. The third-order valence-corrected chi connectivity index (χ3v) is 4.31. The molecule has 26 heavy (non-hydrogen) atoms.